The van der Waals surface area contributed by atoms with E-state index in [4.69, 9.17) is 5.73 Å². The van der Waals surface area contributed by atoms with E-state index in [2.05, 4.69) is 9.82 Å². The standard InChI is InChI=1S/C12H15FN4O2S/c1-3-17-7-11(12(14)15-17)20(18,19)16-9-5-4-8(2)10(13)6-9/h4-7,16H,3H2,1-2H3,(H2,14,15). The highest BCUT2D eigenvalue weighted by atomic mass is 32.2. The van der Waals surface area contributed by atoms with Crippen molar-refractivity contribution in [2.24, 2.45) is 0 Å². The Morgan fingerprint density at radius 3 is 2.70 bits per heavy atom. The summed E-state index contributed by atoms with van der Waals surface area (Å²) in [7, 11) is -3.89. The van der Waals surface area contributed by atoms with E-state index in [0.29, 0.717) is 12.1 Å². The number of aromatic nitrogens is 2. The fourth-order valence-corrected chi connectivity index (χ4v) is 2.78. The number of nitrogen functional groups attached to an aromatic ring is 1. The Morgan fingerprint density at radius 1 is 1.45 bits per heavy atom. The molecule has 1 heterocycles. The summed E-state index contributed by atoms with van der Waals surface area (Å²) in [5.74, 6) is -0.575. The molecule has 0 aliphatic heterocycles. The number of aryl methyl sites for hydroxylation is 2. The minimum Gasteiger partial charge on any atom is -0.381 e. The molecule has 0 radical (unpaired) electrons. The van der Waals surface area contributed by atoms with Crippen LogP contribution >= 0.6 is 0 Å². The molecule has 0 bridgehead atoms. The lowest BCUT2D eigenvalue weighted by atomic mass is 10.2. The van der Waals surface area contributed by atoms with Gasteiger partial charge in [-0.2, -0.15) is 5.10 Å². The molecule has 0 aliphatic rings. The smallest absolute Gasteiger partial charge is 0.267 e. The minimum atomic E-state index is -3.89. The number of halogens is 1. The Hall–Kier alpha value is -2.09. The Morgan fingerprint density at radius 2 is 2.15 bits per heavy atom. The molecule has 0 saturated heterocycles. The van der Waals surface area contributed by atoms with E-state index >= 15 is 0 Å². The Balaban J connectivity index is 2.35. The molecule has 8 heteroatoms. The van der Waals surface area contributed by atoms with Crippen LogP contribution in [0.2, 0.25) is 0 Å². The SMILES string of the molecule is CCn1cc(S(=O)(=O)Nc2ccc(C)c(F)c2)c(N)n1. The Kier molecular flexibility index (Phi) is 3.67. The molecule has 6 nitrogen and oxygen atoms in total. The van der Waals surface area contributed by atoms with Crippen LogP contribution in [0.4, 0.5) is 15.9 Å². The van der Waals surface area contributed by atoms with Gasteiger partial charge in [0.2, 0.25) is 0 Å². The van der Waals surface area contributed by atoms with Crippen LogP contribution in [-0.4, -0.2) is 18.2 Å². The Labute approximate surface area is 116 Å². The summed E-state index contributed by atoms with van der Waals surface area (Å²) in [4.78, 5) is -0.125. The number of hydrogen-bond donors (Lipinski definition) is 2. The van der Waals surface area contributed by atoms with Gasteiger partial charge in [-0.1, -0.05) is 6.07 Å². The quantitative estimate of drug-likeness (QED) is 0.899. The average Bonchev–Trinajstić information content (AvgIpc) is 2.76. The molecule has 0 unspecified atom stereocenters. The summed E-state index contributed by atoms with van der Waals surface area (Å²) in [5, 5.41) is 3.87. The normalized spacial score (nSPS) is 11.6. The summed E-state index contributed by atoms with van der Waals surface area (Å²) in [5.41, 5.74) is 6.16. The third kappa shape index (κ3) is 2.74. The molecule has 1 aromatic carbocycles. The zero-order chi connectivity index (χ0) is 14.9. The lowest BCUT2D eigenvalue weighted by Gasteiger charge is -2.07. The van der Waals surface area contributed by atoms with Crippen LogP contribution in [-0.2, 0) is 16.6 Å². The van der Waals surface area contributed by atoms with Crippen LogP contribution in [0.3, 0.4) is 0 Å². The van der Waals surface area contributed by atoms with Crippen molar-refractivity contribution >= 4 is 21.5 Å². The average molecular weight is 298 g/mol. The topological polar surface area (TPSA) is 90.0 Å². The first-order chi connectivity index (χ1) is 9.33. The van der Waals surface area contributed by atoms with Crippen LogP contribution in [0, 0.1) is 12.7 Å². The number of sulfonamides is 1. The predicted molar refractivity (Wildman–Crippen MR) is 74.3 cm³/mol. The maximum atomic E-state index is 13.4. The molecule has 2 aromatic rings. The predicted octanol–water partition coefficient (Wildman–Crippen LogP) is 1.73. The van der Waals surface area contributed by atoms with E-state index in [-0.39, 0.29) is 16.4 Å². The largest absolute Gasteiger partial charge is 0.381 e. The second-order valence-corrected chi connectivity index (χ2v) is 5.95. The highest BCUT2D eigenvalue weighted by molar-refractivity contribution is 7.92. The van der Waals surface area contributed by atoms with Crippen LogP contribution in [0.15, 0.2) is 29.3 Å². The molecular formula is C12H15FN4O2S. The molecular weight excluding hydrogens is 283 g/mol. The maximum Gasteiger partial charge on any atom is 0.267 e. The molecule has 0 atom stereocenters. The molecule has 20 heavy (non-hydrogen) atoms. The molecule has 3 N–H and O–H groups in total. The number of benzene rings is 1. The molecule has 1 aromatic heterocycles. The number of rotatable bonds is 4. The molecule has 0 saturated carbocycles. The highest BCUT2D eigenvalue weighted by Crippen LogP contribution is 2.21. The van der Waals surface area contributed by atoms with Crippen molar-refractivity contribution in [3.05, 3.63) is 35.8 Å². The van der Waals surface area contributed by atoms with Gasteiger partial charge in [0.25, 0.3) is 10.0 Å². The summed E-state index contributed by atoms with van der Waals surface area (Å²) < 4.78 is 41.5. The van der Waals surface area contributed by atoms with E-state index in [1.54, 1.807) is 6.92 Å². The van der Waals surface area contributed by atoms with Crippen molar-refractivity contribution in [1.29, 1.82) is 0 Å². The molecule has 0 aliphatic carbocycles. The van der Waals surface area contributed by atoms with Crippen LogP contribution in [0.1, 0.15) is 12.5 Å². The Bertz CT molecular complexity index is 740. The molecule has 2 rings (SSSR count). The number of nitrogens with two attached hydrogens (primary N) is 1. The number of hydrogen-bond acceptors (Lipinski definition) is 4. The van der Waals surface area contributed by atoms with E-state index < -0.39 is 15.8 Å². The van der Waals surface area contributed by atoms with E-state index in [1.165, 1.54) is 23.0 Å². The molecule has 0 spiro atoms. The van der Waals surface area contributed by atoms with Gasteiger partial charge >= 0.3 is 0 Å². The first-order valence-corrected chi connectivity index (χ1v) is 7.43. The van der Waals surface area contributed by atoms with Gasteiger partial charge in [0.1, 0.15) is 10.7 Å². The number of nitrogens with zero attached hydrogens (tertiary/aromatic N) is 2. The van der Waals surface area contributed by atoms with Gasteiger partial charge in [0.15, 0.2) is 5.82 Å². The molecule has 108 valence electrons. The van der Waals surface area contributed by atoms with Crippen molar-refractivity contribution in [2.75, 3.05) is 10.5 Å². The second kappa shape index (κ2) is 5.12. The second-order valence-electron chi connectivity index (χ2n) is 4.30. The van der Waals surface area contributed by atoms with Crippen molar-refractivity contribution in [3.8, 4) is 0 Å². The first kappa shape index (κ1) is 14.3. The highest BCUT2D eigenvalue weighted by Gasteiger charge is 2.21. The summed E-state index contributed by atoms with van der Waals surface area (Å²) in [6.45, 7) is 3.90. The third-order valence-electron chi connectivity index (χ3n) is 2.79. The third-order valence-corrected chi connectivity index (χ3v) is 4.19. The van der Waals surface area contributed by atoms with Crippen molar-refractivity contribution in [2.45, 2.75) is 25.3 Å². The zero-order valence-corrected chi connectivity index (χ0v) is 11.9. The fraction of sp³-hybridized carbons (Fsp3) is 0.250. The van der Waals surface area contributed by atoms with Gasteiger partial charge in [-0.3, -0.25) is 9.40 Å². The van der Waals surface area contributed by atoms with Crippen LogP contribution < -0.4 is 10.5 Å². The van der Waals surface area contributed by atoms with E-state index in [0.717, 1.165) is 6.07 Å². The maximum absolute atomic E-state index is 13.4. The van der Waals surface area contributed by atoms with Gasteiger partial charge < -0.3 is 5.73 Å². The van der Waals surface area contributed by atoms with E-state index in [1.807, 2.05) is 6.92 Å². The van der Waals surface area contributed by atoms with Gasteiger partial charge in [-0.15, -0.1) is 0 Å². The fourth-order valence-electron chi connectivity index (χ4n) is 1.65. The van der Waals surface area contributed by atoms with Gasteiger partial charge in [0, 0.05) is 12.7 Å². The molecule has 0 amide bonds. The van der Waals surface area contributed by atoms with E-state index in [9.17, 15) is 12.8 Å². The van der Waals surface area contributed by atoms with Crippen LogP contribution in [0.25, 0.3) is 0 Å². The van der Waals surface area contributed by atoms with Gasteiger partial charge in [-0.25, -0.2) is 12.8 Å². The monoisotopic (exact) mass is 298 g/mol. The number of nitrogens with one attached hydrogen (secondary N) is 1. The number of anilines is 2. The van der Waals surface area contributed by atoms with Gasteiger partial charge in [-0.05, 0) is 31.5 Å². The summed E-state index contributed by atoms with van der Waals surface area (Å²) in [6, 6.07) is 4.09. The van der Waals surface area contributed by atoms with Gasteiger partial charge in [0.05, 0.1) is 5.69 Å². The van der Waals surface area contributed by atoms with Crippen molar-refractivity contribution in [3.63, 3.8) is 0 Å². The molecule has 0 fully saturated rings. The lowest BCUT2D eigenvalue weighted by molar-refractivity contribution is 0.600. The minimum absolute atomic E-state index is 0.0908. The first-order valence-electron chi connectivity index (χ1n) is 5.95. The van der Waals surface area contributed by atoms with Crippen molar-refractivity contribution in [1.82, 2.24) is 9.78 Å². The summed E-state index contributed by atoms with van der Waals surface area (Å²) in [6.07, 6.45) is 1.34. The van der Waals surface area contributed by atoms with Crippen molar-refractivity contribution < 1.29 is 12.8 Å². The zero-order valence-electron chi connectivity index (χ0n) is 11.1. The lowest BCUT2D eigenvalue weighted by Crippen LogP contribution is -2.14. The van der Waals surface area contributed by atoms with Crippen LogP contribution in [0.5, 0.6) is 0 Å². The summed E-state index contributed by atoms with van der Waals surface area (Å²) >= 11 is 0.